The van der Waals surface area contributed by atoms with Crippen LogP contribution in [0.2, 0.25) is 0 Å². The highest BCUT2D eigenvalue weighted by molar-refractivity contribution is 7.94. The van der Waals surface area contributed by atoms with Crippen molar-refractivity contribution in [2.45, 2.75) is 11.4 Å². The van der Waals surface area contributed by atoms with Gasteiger partial charge >= 0.3 is 8.53 Å². The van der Waals surface area contributed by atoms with Gasteiger partial charge in [-0.1, -0.05) is 53.0 Å². The van der Waals surface area contributed by atoms with E-state index in [0.29, 0.717) is 28.6 Å². The fraction of sp³-hybridized carbons (Fsp3) is 0.111. The van der Waals surface area contributed by atoms with Gasteiger partial charge in [0.25, 0.3) is 0 Å². The van der Waals surface area contributed by atoms with Crippen LogP contribution in [0.4, 0.5) is 5.82 Å². The molecule has 2 aromatic carbocycles. The first-order chi connectivity index (χ1) is 19.7. The van der Waals surface area contributed by atoms with Crippen molar-refractivity contribution < 1.29 is 23.7 Å². The molecule has 40 heavy (non-hydrogen) atoms. The van der Waals surface area contributed by atoms with Gasteiger partial charge in [0.15, 0.2) is 10.7 Å². The molecule has 13 heteroatoms. The summed E-state index contributed by atoms with van der Waals surface area (Å²) in [6.07, 6.45) is 4.84. The van der Waals surface area contributed by atoms with Crippen LogP contribution in [0, 0.1) is 0 Å². The van der Waals surface area contributed by atoms with E-state index in [-0.39, 0.29) is 0 Å². The first-order valence-electron chi connectivity index (χ1n) is 12.0. The molecule has 2 N–H and O–H groups in total. The maximum Gasteiger partial charge on any atom is 0.363 e. The highest BCUT2D eigenvalue weighted by atomic mass is 32.2. The van der Waals surface area contributed by atoms with Gasteiger partial charge in [-0.2, -0.15) is 9.35 Å². The molecular formula is C27H25N6O5PS. The van der Waals surface area contributed by atoms with Crippen LogP contribution in [-0.4, -0.2) is 38.7 Å². The molecule has 1 atom stereocenters. The first-order valence-corrected chi connectivity index (χ1v) is 14.3. The van der Waals surface area contributed by atoms with Gasteiger partial charge in [-0.05, 0) is 29.3 Å². The lowest BCUT2D eigenvalue weighted by Crippen LogP contribution is -2.21. The van der Waals surface area contributed by atoms with Crippen LogP contribution < -0.4 is 9.81 Å². The summed E-state index contributed by atoms with van der Waals surface area (Å²) >= 11 is -1.76. The van der Waals surface area contributed by atoms with Gasteiger partial charge in [0.05, 0.1) is 54.9 Å². The first kappa shape index (κ1) is 28.0. The summed E-state index contributed by atoms with van der Waals surface area (Å²) in [7, 11) is 0.674. The SMILES string of the molecule is COOP(N[S+]([O-])c1cncc(-c2nc(NCc3ccccn3)c3c(-c4ccccc4)cccc3n2)c1)OOC. The minimum absolute atomic E-state index is 0.356. The van der Waals surface area contributed by atoms with E-state index in [1.54, 1.807) is 18.5 Å². The largest absolute Gasteiger partial charge is 0.593 e. The Morgan fingerprint density at radius 3 is 2.42 bits per heavy atom. The van der Waals surface area contributed by atoms with E-state index in [1.807, 2.05) is 54.6 Å². The second-order valence-corrected chi connectivity index (χ2v) is 10.7. The Morgan fingerprint density at radius 2 is 1.68 bits per heavy atom. The monoisotopic (exact) mass is 576 g/mol. The second kappa shape index (κ2) is 13.7. The molecule has 3 aromatic heterocycles. The number of hydrogen-bond donors (Lipinski definition) is 2. The predicted octanol–water partition coefficient (Wildman–Crippen LogP) is 5.36. The fourth-order valence-electron chi connectivity index (χ4n) is 3.92. The molecule has 0 spiro atoms. The van der Waals surface area contributed by atoms with Gasteiger partial charge in [-0.3, -0.25) is 9.97 Å². The molecular weight excluding hydrogens is 551 g/mol. The van der Waals surface area contributed by atoms with Gasteiger partial charge in [-0.15, -0.1) is 0 Å². The topological polar surface area (TPSA) is 136 Å². The molecule has 0 aliphatic carbocycles. The van der Waals surface area contributed by atoms with Crippen molar-refractivity contribution >= 4 is 36.6 Å². The molecule has 5 aromatic rings. The molecule has 0 saturated heterocycles. The van der Waals surface area contributed by atoms with Gasteiger partial charge in [0.2, 0.25) is 0 Å². The molecule has 5 rings (SSSR count). The Hall–Kier alpha value is -3.58. The second-order valence-electron chi connectivity index (χ2n) is 8.15. The van der Waals surface area contributed by atoms with E-state index >= 15 is 0 Å². The molecule has 3 heterocycles. The van der Waals surface area contributed by atoms with Crippen molar-refractivity contribution in [2.24, 2.45) is 0 Å². The summed E-state index contributed by atoms with van der Waals surface area (Å²) < 4.78 is 25.5. The van der Waals surface area contributed by atoms with E-state index in [9.17, 15) is 4.55 Å². The molecule has 0 amide bonds. The lowest BCUT2D eigenvalue weighted by atomic mass is 10.0. The smallest absolute Gasteiger partial charge is 0.363 e. The van der Waals surface area contributed by atoms with E-state index in [1.165, 1.54) is 20.4 Å². The van der Waals surface area contributed by atoms with Crippen LogP contribution in [0.3, 0.4) is 0 Å². The zero-order chi connectivity index (χ0) is 27.7. The van der Waals surface area contributed by atoms with Crippen LogP contribution in [0.15, 0.2) is 96.3 Å². The van der Waals surface area contributed by atoms with Crippen LogP contribution >= 0.6 is 8.53 Å². The molecule has 0 bridgehead atoms. The number of rotatable bonds is 12. The third-order valence-corrected chi connectivity index (χ3v) is 8.08. The molecule has 0 saturated carbocycles. The minimum Gasteiger partial charge on any atom is -0.593 e. The Bertz CT molecular complexity index is 1550. The minimum atomic E-state index is -1.94. The highest BCUT2D eigenvalue weighted by Gasteiger charge is 2.24. The quantitative estimate of drug-likeness (QED) is 0.0860. The number of aromatic nitrogens is 4. The maximum atomic E-state index is 13.0. The van der Waals surface area contributed by atoms with E-state index in [0.717, 1.165) is 27.7 Å². The van der Waals surface area contributed by atoms with Crippen LogP contribution in [0.1, 0.15) is 5.69 Å². The summed E-state index contributed by atoms with van der Waals surface area (Å²) in [6.45, 7) is 0.463. The number of pyridine rings is 2. The number of anilines is 1. The molecule has 0 aliphatic rings. The highest BCUT2D eigenvalue weighted by Crippen LogP contribution is 2.37. The molecule has 204 valence electrons. The number of nitrogens with zero attached hydrogens (tertiary/aromatic N) is 4. The van der Waals surface area contributed by atoms with E-state index in [2.05, 4.69) is 41.7 Å². The van der Waals surface area contributed by atoms with Gasteiger partial charge in [0, 0.05) is 24.0 Å². The zero-order valence-electron chi connectivity index (χ0n) is 21.6. The van der Waals surface area contributed by atoms with Gasteiger partial charge < -0.3 is 9.87 Å². The average molecular weight is 577 g/mol. The molecule has 1 unspecified atom stereocenters. The lowest BCUT2D eigenvalue weighted by molar-refractivity contribution is -0.231. The molecule has 0 radical (unpaired) electrons. The standard InChI is InChI=1S/C27H25N6O5PS/c1-35-37-39(38-36-2)33-40(34)22-15-20(16-28-18-22)26-31-24-13-8-12-23(19-9-4-3-5-10-19)25(24)27(32-26)30-17-21-11-6-7-14-29-21/h3-16,18,33H,17H2,1-2H3,(H,30,31,32). The Labute approximate surface area is 235 Å². The predicted molar refractivity (Wildman–Crippen MR) is 152 cm³/mol. The zero-order valence-corrected chi connectivity index (χ0v) is 23.3. The third-order valence-electron chi connectivity index (χ3n) is 5.60. The van der Waals surface area contributed by atoms with Gasteiger partial charge in [-0.25, -0.2) is 19.7 Å². The number of nitrogens with one attached hydrogen (secondary N) is 2. The van der Waals surface area contributed by atoms with Crippen LogP contribution in [0.25, 0.3) is 33.4 Å². The van der Waals surface area contributed by atoms with Crippen molar-refractivity contribution in [2.75, 3.05) is 19.5 Å². The fourth-order valence-corrected chi connectivity index (χ4v) is 5.81. The normalized spacial score (nSPS) is 12.1. The Balaban J connectivity index is 1.54. The Morgan fingerprint density at radius 1 is 0.875 bits per heavy atom. The van der Waals surface area contributed by atoms with Crippen molar-refractivity contribution in [3.63, 3.8) is 0 Å². The Kier molecular flexibility index (Phi) is 9.55. The van der Waals surface area contributed by atoms with Crippen molar-refractivity contribution in [3.8, 4) is 22.5 Å². The van der Waals surface area contributed by atoms with Crippen LogP contribution in [0.5, 0.6) is 0 Å². The lowest BCUT2D eigenvalue weighted by Gasteiger charge is -2.16. The summed E-state index contributed by atoms with van der Waals surface area (Å²) in [5.74, 6) is 1.05. The maximum absolute atomic E-state index is 13.0. The van der Waals surface area contributed by atoms with E-state index in [4.69, 9.17) is 19.3 Å². The molecule has 11 nitrogen and oxygen atoms in total. The average Bonchev–Trinajstić information content (AvgIpc) is 3.00. The van der Waals surface area contributed by atoms with Crippen LogP contribution in [-0.2, 0) is 37.0 Å². The summed E-state index contributed by atoms with van der Waals surface area (Å²) in [5, 5.41) is 4.33. The van der Waals surface area contributed by atoms with Crippen molar-refractivity contribution in [1.82, 2.24) is 24.4 Å². The number of fused-ring (bicyclic) bond motifs is 1. The van der Waals surface area contributed by atoms with Gasteiger partial charge in [0.1, 0.15) is 5.82 Å². The third kappa shape index (κ3) is 6.76. The van der Waals surface area contributed by atoms with Crippen molar-refractivity contribution in [3.05, 3.63) is 97.1 Å². The molecule has 0 aliphatic heterocycles. The molecule has 0 fully saturated rings. The number of hydrogen-bond acceptors (Lipinski definition) is 11. The summed E-state index contributed by atoms with van der Waals surface area (Å²) in [4.78, 5) is 28.0. The summed E-state index contributed by atoms with van der Waals surface area (Å²) in [6, 6.07) is 23.5. The van der Waals surface area contributed by atoms with Crippen molar-refractivity contribution in [1.29, 1.82) is 0 Å². The summed E-state index contributed by atoms with van der Waals surface area (Å²) in [5.41, 5.74) is 4.22. The van der Waals surface area contributed by atoms with E-state index < -0.39 is 19.9 Å². The number of benzene rings is 2.